The summed E-state index contributed by atoms with van der Waals surface area (Å²) in [6.07, 6.45) is 6.85. The van der Waals surface area contributed by atoms with Crippen molar-refractivity contribution in [2.24, 2.45) is 5.10 Å². The Bertz CT molecular complexity index is 1020. The van der Waals surface area contributed by atoms with Gasteiger partial charge in [-0.1, -0.05) is 36.3 Å². The van der Waals surface area contributed by atoms with Crippen LogP contribution in [0.4, 0.5) is 0 Å². The zero-order valence-corrected chi connectivity index (χ0v) is 14.8. The van der Waals surface area contributed by atoms with E-state index in [-0.39, 0.29) is 12.5 Å². The molecule has 0 spiro atoms. The lowest BCUT2D eigenvalue weighted by atomic mass is 10.0. The number of nitrogens with zero attached hydrogens (tertiary/aromatic N) is 1. The summed E-state index contributed by atoms with van der Waals surface area (Å²) in [6, 6.07) is 18.4. The lowest BCUT2D eigenvalue weighted by Gasteiger charge is -2.10. The number of rotatable bonds is 6. The number of hydrazone groups is 1. The molecule has 1 N–H and O–H groups in total. The van der Waals surface area contributed by atoms with E-state index in [2.05, 4.69) is 16.4 Å². The molecule has 134 valence electrons. The Labute approximate surface area is 157 Å². The molecule has 0 saturated heterocycles. The highest BCUT2D eigenvalue weighted by atomic mass is 16.5. The summed E-state index contributed by atoms with van der Waals surface area (Å²) < 4.78 is 10.7. The highest BCUT2D eigenvalue weighted by Gasteiger charge is 2.08. The molecular formula is C22H18N2O3. The van der Waals surface area contributed by atoms with E-state index >= 15 is 0 Å². The van der Waals surface area contributed by atoms with Gasteiger partial charge in [-0.3, -0.25) is 4.79 Å². The van der Waals surface area contributed by atoms with Crippen LogP contribution in [0.5, 0.6) is 11.5 Å². The number of benzene rings is 3. The van der Waals surface area contributed by atoms with Crippen LogP contribution in [0.3, 0.4) is 0 Å². The van der Waals surface area contributed by atoms with E-state index in [9.17, 15) is 4.79 Å². The maximum absolute atomic E-state index is 12.2. The zero-order valence-electron chi connectivity index (χ0n) is 14.8. The lowest BCUT2D eigenvalue weighted by molar-refractivity contribution is 0.0955. The Hall–Kier alpha value is -3.78. The molecule has 1 amide bonds. The van der Waals surface area contributed by atoms with Crippen molar-refractivity contribution in [1.82, 2.24) is 5.43 Å². The van der Waals surface area contributed by atoms with Crippen LogP contribution in [0.15, 0.2) is 65.8 Å². The molecule has 3 rings (SSSR count). The van der Waals surface area contributed by atoms with Crippen LogP contribution >= 0.6 is 0 Å². The van der Waals surface area contributed by atoms with E-state index in [4.69, 9.17) is 15.9 Å². The highest BCUT2D eigenvalue weighted by Crippen LogP contribution is 2.26. The van der Waals surface area contributed by atoms with Gasteiger partial charge < -0.3 is 9.47 Å². The van der Waals surface area contributed by atoms with Gasteiger partial charge in [0.05, 0.1) is 13.3 Å². The second-order valence-electron chi connectivity index (χ2n) is 5.62. The average molecular weight is 358 g/mol. The first-order valence-electron chi connectivity index (χ1n) is 8.28. The molecule has 0 radical (unpaired) electrons. The smallest absolute Gasteiger partial charge is 0.271 e. The molecule has 0 unspecified atom stereocenters. The van der Waals surface area contributed by atoms with E-state index in [0.29, 0.717) is 17.1 Å². The Balaban J connectivity index is 1.83. The van der Waals surface area contributed by atoms with Crippen LogP contribution in [0, 0.1) is 12.3 Å². The number of terminal acetylenes is 1. The van der Waals surface area contributed by atoms with Gasteiger partial charge in [-0.25, -0.2) is 5.43 Å². The first kappa shape index (κ1) is 18.0. The van der Waals surface area contributed by atoms with Crippen molar-refractivity contribution in [3.63, 3.8) is 0 Å². The summed E-state index contributed by atoms with van der Waals surface area (Å²) in [7, 11) is 1.57. The van der Waals surface area contributed by atoms with E-state index in [0.717, 1.165) is 16.3 Å². The number of carbonyl (C=O) groups excluding carboxylic acids is 1. The third-order valence-electron chi connectivity index (χ3n) is 3.95. The monoisotopic (exact) mass is 358 g/mol. The van der Waals surface area contributed by atoms with Gasteiger partial charge in [-0.2, -0.15) is 5.10 Å². The van der Waals surface area contributed by atoms with Gasteiger partial charge in [0.15, 0.2) is 0 Å². The fraction of sp³-hybridized carbons (Fsp3) is 0.0909. The molecule has 0 aromatic heterocycles. The molecule has 5 nitrogen and oxygen atoms in total. The van der Waals surface area contributed by atoms with Crippen molar-refractivity contribution in [2.45, 2.75) is 0 Å². The van der Waals surface area contributed by atoms with Crippen LogP contribution in [0.2, 0.25) is 0 Å². The van der Waals surface area contributed by atoms with E-state index < -0.39 is 0 Å². The maximum Gasteiger partial charge on any atom is 0.271 e. The number of nitrogens with one attached hydrogen (secondary N) is 1. The summed E-state index contributed by atoms with van der Waals surface area (Å²) in [4.78, 5) is 12.2. The SMILES string of the molecule is C#CCOc1ccc2ccccc2c1/C=N\NC(=O)c1ccc(OC)cc1. The van der Waals surface area contributed by atoms with Gasteiger partial charge in [0.1, 0.15) is 18.1 Å². The average Bonchev–Trinajstić information content (AvgIpc) is 2.72. The fourth-order valence-electron chi connectivity index (χ4n) is 2.62. The predicted octanol–water partition coefficient (Wildman–Crippen LogP) is 3.62. The Kier molecular flexibility index (Phi) is 5.70. The van der Waals surface area contributed by atoms with Crippen molar-refractivity contribution >= 4 is 22.9 Å². The predicted molar refractivity (Wildman–Crippen MR) is 106 cm³/mol. The van der Waals surface area contributed by atoms with Crippen LogP contribution in [-0.4, -0.2) is 25.8 Å². The molecule has 0 saturated carbocycles. The molecule has 0 heterocycles. The fourth-order valence-corrected chi connectivity index (χ4v) is 2.62. The molecule has 0 aliphatic heterocycles. The minimum Gasteiger partial charge on any atom is -0.497 e. The first-order valence-corrected chi connectivity index (χ1v) is 8.28. The quantitative estimate of drug-likeness (QED) is 0.416. The number of ether oxygens (including phenoxy) is 2. The molecule has 5 heteroatoms. The van der Waals surface area contributed by atoms with Gasteiger partial charge in [0, 0.05) is 11.1 Å². The zero-order chi connectivity index (χ0) is 19.1. The summed E-state index contributed by atoms with van der Waals surface area (Å²) >= 11 is 0. The highest BCUT2D eigenvalue weighted by molar-refractivity contribution is 6.03. The Morgan fingerprint density at radius 2 is 1.93 bits per heavy atom. The van der Waals surface area contributed by atoms with E-state index in [1.165, 1.54) is 0 Å². The molecule has 3 aromatic rings. The first-order chi connectivity index (χ1) is 13.2. The van der Waals surface area contributed by atoms with Crippen LogP contribution in [0.1, 0.15) is 15.9 Å². The van der Waals surface area contributed by atoms with Crippen molar-refractivity contribution in [3.05, 3.63) is 71.8 Å². The minimum atomic E-state index is -0.319. The minimum absolute atomic E-state index is 0.150. The van der Waals surface area contributed by atoms with Gasteiger partial charge in [-0.05, 0) is 41.1 Å². The van der Waals surface area contributed by atoms with Gasteiger partial charge in [0.2, 0.25) is 0 Å². The third kappa shape index (κ3) is 4.25. The van der Waals surface area contributed by atoms with Crippen molar-refractivity contribution in [2.75, 3.05) is 13.7 Å². The topological polar surface area (TPSA) is 59.9 Å². The van der Waals surface area contributed by atoms with Gasteiger partial charge >= 0.3 is 0 Å². The van der Waals surface area contributed by atoms with E-state index in [1.807, 2.05) is 36.4 Å². The second-order valence-corrected chi connectivity index (χ2v) is 5.62. The maximum atomic E-state index is 12.2. The molecule has 0 aliphatic rings. The van der Waals surface area contributed by atoms with Gasteiger partial charge in [-0.15, -0.1) is 6.42 Å². The summed E-state index contributed by atoms with van der Waals surface area (Å²) in [5.41, 5.74) is 3.76. The van der Waals surface area contributed by atoms with Crippen LogP contribution < -0.4 is 14.9 Å². The van der Waals surface area contributed by atoms with Crippen LogP contribution in [-0.2, 0) is 0 Å². The molecule has 0 aliphatic carbocycles. The van der Waals surface area contributed by atoms with Crippen molar-refractivity contribution < 1.29 is 14.3 Å². The van der Waals surface area contributed by atoms with Crippen molar-refractivity contribution in [1.29, 1.82) is 0 Å². The number of fused-ring (bicyclic) bond motifs is 1. The normalized spacial score (nSPS) is 10.5. The van der Waals surface area contributed by atoms with Crippen molar-refractivity contribution in [3.8, 4) is 23.8 Å². The summed E-state index contributed by atoms with van der Waals surface area (Å²) in [5.74, 6) is 3.42. The molecular weight excluding hydrogens is 340 g/mol. The number of amides is 1. The van der Waals surface area contributed by atoms with Gasteiger partial charge in [0.25, 0.3) is 5.91 Å². The Morgan fingerprint density at radius 3 is 2.67 bits per heavy atom. The molecule has 0 bridgehead atoms. The third-order valence-corrected chi connectivity index (χ3v) is 3.95. The number of methoxy groups -OCH3 is 1. The molecule has 0 atom stereocenters. The number of hydrogen-bond donors (Lipinski definition) is 1. The molecule has 0 fully saturated rings. The molecule has 27 heavy (non-hydrogen) atoms. The second kappa shape index (κ2) is 8.54. The number of carbonyl (C=O) groups is 1. The lowest BCUT2D eigenvalue weighted by Crippen LogP contribution is -2.17. The van der Waals surface area contributed by atoms with E-state index in [1.54, 1.807) is 37.6 Å². The summed E-state index contributed by atoms with van der Waals surface area (Å²) in [6.45, 7) is 0.150. The number of hydrogen-bond acceptors (Lipinski definition) is 4. The standard InChI is InChI=1S/C22H18N2O3/c1-3-14-27-21-13-10-16-6-4-5-7-19(16)20(21)15-23-24-22(25)17-8-11-18(26-2)12-9-17/h1,4-13,15H,14H2,2H3,(H,24,25)/b23-15-. The Morgan fingerprint density at radius 1 is 1.15 bits per heavy atom. The summed E-state index contributed by atoms with van der Waals surface area (Å²) in [5, 5.41) is 6.08. The largest absolute Gasteiger partial charge is 0.497 e. The molecule has 3 aromatic carbocycles. The van der Waals surface area contributed by atoms with Crippen LogP contribution in [0.25, 0.3) is 10.8 Å².